The lowest BCUT2D eigenvalue weighted by Gasteiger charge is -1.97. The first-order valence-electron chi connectivity index (χ1n) is 9.70. The molecule has 0 fully saturated rings. The topological polar surface area (TPSA) is 65.0 Å². The molecule has 3 aromatic carbocycles. The van der Waals surface area contributed by atoms with Crippen molar-refractivity contribution in [1.29, 1.82) is 0 Å². The third-order valence-electron chi connectivity index (χ3n) is 4.86. The van der Waals surface area contributed by atoms with Gasteiger partial charge in [-0.1, -0.05) is 35.9 Å². The van der Waals surface area contributed by atoms with E-state index in [0.29, 0.717) is 17.7 Å². The number of fused-ring (bicyclic) bond motifs is 1. The van der Waals surface area contributed by atoms with Gasteiger partial charge in [0.15, 0.2) is 5.58 Å². The van der Waals surface area contributed by atoms with Crippen molar-refractivity contribution in [2.45, 2.75) is 13.8 Å². The molecule has 2 heterocycles. The van der Waals surface area contributed by atoms with Crippen molar-refractivity contribution in [3.8, 4) is 22.9 Å². The van der Waals surface area contributed by atoms with E-state index in [4.69, 9.17) is 8.83 Å². The molecule has 0 spiro atoms. The molecule has 146 valence electrons. The highest BCUT2D eigenvalue weighted by molar-refractivity contribution is 5.77. The molecule has 0 saturated carbocycles. The Hall–Kier alpha value is -3.99. The van der Waals surface area contributed by atoms with Crippen LogP contribution in [0.2, 0.25) is 0 Å². The van der Waals surface area contributed by atoms with Crippen LogP contribution in [0.25, 0.3) is 46.2 Å². The smallest absolute Gasteiger partial charge is 0.248 e. The second-order valence-electron chi connectivity index (χ2n) is 7.26. The van der Waals surface area contributed by atoms with Gasteiger partial charge in [-0.2, -0.15) is 0 Å². The Morgan fingerprint density at radius 2 is 1.37 bits per heavy atom. The molecule has 0 unspecified atom stereocenters. The van der Waals surface area contributed by atoms with Gasteiger partial charge in [-0.05, 0) is 67.4 Å². The number of hydrogen-bond acceptors (Lipinski definition) is 5. The molecule has 0 N–H and O–H groups in total. The van der Waals surface area contributed by atoms with Crippen LogP contribution in [0.1, 0.15) is 22.6 Å². The van der Waals surface area contributed by atoms with Crippen LogP contribution in [-0.4, -0.2) is 15.2 Å². The number of nitrogens with zero attached hydrogens (tertiary/aromatic N) is 3. The van der Waals surface area contributed by atoms with Crippen LogP contribution in [0.15, 0.2) is 75.6 Å². The number of oxazole rings is 1. The number of benzene rings is 3. The Morgan fingerprint density at radius 3 is 2.17 bits per heavy atom. The summed E-state index contributed by atoms with van der Waals surface area (Å²) < 4.78 is 11.6. The van der Waals surface area contributed by atoms with Crippen LogP contribution in [0, 0.1) is 13.8 Å². The summed E-state index contributed by atoms with van der Waals surface area (Å²) >= 11 is 0. The molecule has 2 aromatic heterocycles. The van der Waals surface area contributed by atoms with Crippen LogP contribution in [0.3, 0.4) is 0 Å². The Balaban J connectivity index is 1.33. The molecule has 5 rings (SSSR count). The quantitative estimate of drug-likeness (QED) is 0.357. The summed E-state index contributed by atoms with van der Waals surface area (Å²) in [6, 6.07) is 22.0. The fourth-order valence-electron chi connectivity index (χ4n) is 3.18. The van der Waals surface area contributed by atoms with Gasteiger partial charge in [-0.25, -0.2) is 4.98 Å². The minimum absolute atomic E-state index is 0.462. The molecule has 0 saturated heterocycles. The van der Waals surface area contributed by atoms with E-state index in [-0.39, 0.29) is 0 Å². The lowest BCUT2D eigenvalue weighted by atomic mass is 10.1. The fraction of sp³-hybridized carbons (Fsp3) is 0.0800. The van der Waals surface area contributed by atoms with Gasteiger partial charge in [0.25, 0.3) is 0 Å². The summed E-state index contributed by atoms with van der Waals surface area (Å²) in [6.45, 7) is 4.09. The zero-order valence-electron chi connectivity index (χ0n) is 16.7. The third-order valence-corrected chi connectivity index (χ3v) is 4.86. The van der Waals surface area contributed by atoms with Gasteiger partial charge in [0, 0.05) is 17.2 Å². The van der Waals surface area contributed by atoms with Crippen LogP contribution in [-0.2, 0) is 0 Å². The molecule has 30 heavy (non-hydrogen) atoms. The summed E-state index contributed by atoms with van der Waals surface area (Å²) in [6.07, 6.45) is 3.74. The number of hydrogen-bond donors (Lipinski definition) is 0. The monoisotopic (exact) mass is 393 g/mol. The Morgan fingerprint density at radius 1 is 0.667 bits per heavy atom. The second-order valence-corrected chi connectivity index (χ2v) is 7.26. The van der Waals surface area contributed by atoms with Crippen molar-refractivity contribution in [3.63, 3.8) is 0 Å². The van der Waals surface area contributed by atoms with Crippen LogP contribution in [0.4, 0.5) is 0 Å². The standard InChI is InChI=1S/C25H19N3O2/c1-16-3-9-20(10-4-16)25-28-27-23(30-25)14-8-18-6-11-19(12-7-18)24-26-21-15-17(2)5-13-22(21)29-24/h3-15H,1-2H3. The Bertz CT molecular complexity index is 1340. The molecule has 5 heteroatoms. The largest absolute Gasteiger partial charge is 0.436 e. The van der Waals surface area contributed by atoms with Crippen LogP contribution >= 0.6 is 0 Å². The summed E-state index contributed by atoms with van der Waals surface area (Å²) in [5, 5.41) is 8.22. The molecule has 0 radical (unpaired) electrons. The first kappa shape index (κ1) is 18.1. The molecule has 0 atom stereocenters. The molecular formula is C25H19N3O2. The summed E-state index contributed by atoms with van der Waals surface area (Å²) in [7, 11) is 0. The molecule has 5 nitrogen and oxygen atoms in total. The first-order chi connectivity index (χ1) is 14.6. The summed E-state index contributed by atoms with van der Waals surface area (Å²) in [4.78, 5) is 4.59. The van der Waals surface area contributed by atoms with E-state index in [1.165, 1.54) is 5.56 Å². The molecule has 5 aromatic rings. The van der Waals surface area contributed by atoms with Crippen molar-refractivity contribution >= 4 is 23.3 Å². The maximum Gasteiger partial charge on any atom is 0.248 e. The van der Waals surface area contributed by atoms with E-state index in [0.717, 1.165) is 33.4 Å². The highest BCUT2D eigenvalue weighted by Gasteiger charge is 2.09. The van der Waals surface area contributed by atoms with Crippen LogP contribution < -0.4 is 0 Å². The van der Waals surface area contributed by atoms with E-state index >= 15 is 0 Å². The van der Waals surface area contributed by atoms with Gasteiger partial charge in [0.1, 0.15) is 5.52 Å². The normalized spacial score (nSPS) is 11.5. The maximum absolute atomic E-state index is 5.87. The molecule has 0 aliphatic heterocycles. The average molecular weight is 393 g/mol. The van der Waals surface area contributed by atoms with E-state index in [1.54, 1.807) is 0 Å². The number of rotatable bonds is 4. The third kappa shape index (κ3) is 3.65. The molecular weight excluding hydrogens is 374 g/mol. The highest BCUT2D eigenvalue weighted by Crippen LogP contribution is 2.25. The van der Waals surface area contributed by atoms with E-state index in [1.807, 2.05) is 92.7 Å². The number of aryl methyl sites for hydroxylation is 2. The Kier molecular flexibility index (Phi) is 4.48. The van der Waals surface area contributed by atoms with E-state index < -0.39 is 0 Å². The van der Waals surface area contributed by atoms with Gasteiger partial charge in [0.05, 0.1) is 0 Å². The SMILES string of the molecule is Cc1ccc(-c2nnc(C=Cc3ccc(-c4nc5cc(C)ccc5o4)cc3)o2)cc1. The molecule has 0 amide bonds. The summed E-state index contributed by atoms with van der Waals surface area (Å²) in [5.74, 6) is 1.59. The predicted molar refractivity (Wildman–Crippen MR) is 118 cm³/mol. The first-order valence-corrected chi connectivity index (χ1v) is 9.70. The summed E-state index contributed by atoms with van der Waals surface area (Å²) in [5.41, 5.74) is 6.87. The molecule has 0 aliphatic rings. The van der Waals surface area contributed by atoms with E-state index in [9.17, 15) is 0 Å². The van der Waals surface area contributed by atoms with Gasteiger partial charge >= 0.3 is 0 Å². The van der Waals surface area contributed by atoms with Crippen molar-refractivity contribution in [1.82, 2.24) is 15.2 Å². The lowest BCUT2D eigenvalue weighted by molar-refractivity contribution is 0.558. The zero-order chi connectivity index (χ0) is 20.5. The van der Waals surface area contributed by atoms with Crippen molar-refractivity contribution in [3.05, 3.63) is 89.3 Å². The zero-order valence-corrected chi connectivity index (χ0v) is 16.7. The van der Waals surface area contributed by atoms with Crippen LogP contribution in [0.5, 0.6) is 0 Å². The molecule has 0 bridgehead atoms. The minimum atomic E-state index is 0.462. The van der Waals surface area contributed by atoms with E-state index in [2.05, 4.69) is 15.2 Å². The predicted octanol–water partition coefficient (Wildman–Crippen LogP) is 6.33. The van der Waals surface area contributed by atoms with Gasteiger partial charge in [0.2, 0.25) is 17.7 Å². The van der Waals surface area contributed by atoms with Gasteiger partial charge < -0.3 is 8.83 Å². The van der Waals surface area contributed by atoms with Gasteiger partial charge in [-0.15, -0.1) is 10.2 Å². The lowest BCUT2D eigenvalue weighted by Crippen LogP contribution is -1.78. The highest BCUT2D eigenvalue weighted by atomic mass is 16.4. The minimum Gasteiger partial charge on any atom is -0.436 e. The number of aromatic nitrogens is 3. The van der Waals surface area contributed by atoms with Crippen molar-refractivity contribution in [2.75, 3.05) is 0 Å². The second kappa shape index (κ2) is 7.44. The fourth-order valence-corrected chi connectivity index (χ4v) is 3.18. The van der Waals surface area contributed by atoms with Gasteiger partial charge in [-0.3, -0.25) is 0 Å². The van der Waals surface area contributed by atoms with Crippen molar-refractivity contribution in [2.24, 2.45) is 0 Å². The van der Waals surface area contributed by atoms with Crippen molar-refractivity contribution < 1.29 is 8.83 Å². The maximum atomic E-state index is 5.87. The Labute approximate surface area is 173 Å². The average Bonchev–Trinajstić information content (AvgIpc) is 3.40. The molecule has 0 aliphatic carbocycles.